The number of hydrogen-bond donors (Lipinski definition) is 7. The molecule has 0 bridgehead atoms. The highest BCUT2D eigenvalue weighted by Gasteiger charge is 2.22. The van der Waals surface area contributed by atoms with Crippen molar-refractivity contribution in [3.8, 4) is 11.5 Å². The Hall–Kier alpha value is -3.63. The molecule has 0 aromatic heterocycles. The van der Waals surface area contributed by atoms with E-state index in [1.54, 1.807) is 24.3 Å². The predicted octanol–water partition coefficient (Wildman–Crippen LogP) is 0.701. The van der Waals surface area contributed by atoms with Crippen molar-refractivity contribution in [2.24, 2.45) is 11.5 Å². The summed E-state index contributed by atoms with van der Waals surface area (Å²) >= 11 is 0. The summed E-state index contributed by atoms with van der Waals surface area (Å²) in [5, 5.41) is 34.3. The third-order valence-corrected chi connectivity index (χ3v) is 4.56. The van der Waals surface area contributed by atoms with E-state index in [-0.39, 0.29) is 48.9 Å². The molecular weight excluding hydrogens is 404 g/mol. The smallest absolute Gasteiger partial charge is 0.320 e. The zero-order valence-corrected chi connectivity index (χ0v) is 16.7. The Balaban J connectivity index is 2.31. The number of phenolic OH excluding ortho intramolecular Hbond substituents is 2. The van der Waals surface area contributed by atoms with E-state index in [9.17, 15) is 24.6 Å². The first-order valence-electron chi connectivity index (χ1n) is 9.58. The number of aliphatic carboxylic acids is 1. The largest absolute Gasteiger partial charge is 0.504 e. The average Bonchev–Trinajstić information content (AvgIpc) is 2.73. The van der Waals surface area contributed by atoms with Crippen LogP contribution in [0.1, 0.15) is 34.8 Å². The SMILES string of the molecule is NCCC(=O)NCC(Nc1ccccc1C(=O)CC(N)C(=O)O)c1ccc(O)c(O)c1. The van der Waals surface area contributed by atoms with Crippen LogP contribution >= 0.6 is 0 Å². The molecule has 1 amide bonds. The van der Waals surface area contributed by atoms with Gasteiger partial charge in [0.05, 0.1) is 6.04 Å². The molecule has 9 N–H and O–H groups in total. The number of Topliss-reactive ketones (excluding diaryl/α,β-unsaturated/α-hetero) is 1. The maximum absolute atomic E-state index is 12.6. The van der Waals surface area contributed by atoms with Crippen molar-refractivity contribution in [2.75, 3.05) is 18.4 Å². The Morgan fingerprint density at radius 1 is 1.03 bits per heavy atom. The number of hydrogen-bond acceptors (Lipinski definition) is 8. The highest BCUT2D eigenvalue weighted by molar-refractivity contribution is 6.03. The highest BCUT2D eigenvalue weighted by Crippen LogP contribution is 2.30. The Bertz CT molecular complexity index is 949. The molecule has 2 atom stereocenters. The van der Waals surface area contributed by atoms with Gasteiger partial charge in [-0.05, 0) is 29.8 Å². The molecule has 0 aliphatic rings. The number of anilines is 1. The average molecular weight is 430 g/mol. The van der Waals surface area contributed by atoms with Crippen LogP contribution in [0.2, 0.25) is 0 Å². The second-order valence-electron chi connectivity index (χ2n) is 6.91. The molecule has 10 heteroatoms. The number of para-hydroxylation sites is 1. The molecule has 0 saturated carbocycles. The number of carboxylic acids is 1. The zero-order chi connectivity index (χ0) is 23.0. The van der Waals surface area contributed by atoms with Crippen LogP contribution in [0.4, 0.5) is 5.69 Å². The first-order chi connectivity index (χ1) is 14.7. The van der Waals surface area contributed by atoms with E-state index in [1.165, 1.54) is 18.2 Å². The molecular formula is C21H26N4O6. The Labute approximate surface area is 178 Å². The minimum absolute atomic E-state index is 0.0974. The van der Waals surface area contributed by atoms with Crippen molar-refractivity contribution < 1.29 is 29.7 Å². The van der Waals surface area contributed by atoms with Crippen LogP contribution in [0.5, 0.6) is 11.5 Å². The third kappa shape index (κ3) is 6.69. The van der Waals surface area contributed by atoms with Crippen LogP contribution in [0.15, 0.2) is 42.5 Å². The molecule has 0 saturated heterocycles. The summed E-state index contributed by atoms with van der Waals surface area (Å²) in [4.78, 5) is 35.5. The van der Waals surface area contributed by atoms with Crippen molar-refractivity contribution in [3.63, 3.8) is 0 Å². The number of aromatic hydroxyl groups is 2. The molecule has 0 aliphatic carbocycles. The van der Waals surface area contributed by atoms with Crippen LogP contribution in [0.3, 0.4) is 0 Å². The zero-order valence-electron chi connectivity index (χ0n) is 16.7. The van der Waals surface area contributed by atoms with E-state index in [0.29, 0.717) is 11.3 Å². The number of phenols is 2. The molecule has 2 aromatic carbocycles. The van der Waals surface area contributed by atoms with Crippen molar-refractivity contribution in [3.05, 3.63) is 53.6 Å². The minimum Gasteiger partial charge on any atom is -0.504 e. The molecule has 0 fully saturated rings. The number of carbonyl (C=O) groups excluding carboxylic acids is 2. The normalized spacial score (nSPS) is 12.6. The lowest BCUT2D eigenvalue weighted by atomic mass is 10.0. The summed E-state index contributed by atoms with van der Waals surface area (Å²) in [5.41, 5.74) is 12.1. The van der Waals surface area contributed by atoms with Crippen LogP contribution in [0.25, 0.3) is 0 Å². The van der Waals surface area contributed by atoms with Gasteiger partial charge in [0.25, 0.3) is 0 Å². The summed E-state index contributed by atoms with van der Waals surface area (Å²) in [5.74, 6) is -2.65. The lowest BCUT2D eigenvalue weighted by molar-refractivity contribution is -0.138. The van der Waals surface area contributed by atoms with Crippen LogP contribution < -0.4 is 22.1 Å². The fraction of sp³-hybridized carbons (Fsp3) is 0.286. The quantitative estimate of drug-likeness (QED) is 0.199. The van der Waals surface area contributed by atoms with E-state index in [4.69, 9.17) is 16.6 Å². The second kappa shape index (κ2) is 11.0. The summed E-state index contributed by atoms with van der Waals surface area (Å²) in [6.45, 7) is 0.283. The Morgan fingerprint density at radius 2 is 1.74 bits per heavy atom. The van der Waals surface area contributed by atoms with Gasteiger partial charge in [-0.3, -0.25) is 14.4 Å². The van der Waals surface area contributed by atoms with Gasteiger partial charge in [0.15, 0.2) is 17.3 Å². The highest BCUT2D eigenvalue weighted by atomic mass is 16.4. The Morgan fingerprint density at radius 3 is 2.39 bits per heavy atom. The van der Waals surface area contributed by atoms with Gasteiger partial charge in [-0.15, -0.1) is 0 Å². The molecule has 2 aromatic rings. The summed E-state index contributed by atoms with van der Waals surface area (Å²) in [6, 6.07) is 8.79. The van der Waals surface area contributed by atoms with Crippen molar-refractivity contribution in [1.29, 1.82) is 0 Å². The van der Waals surface area contributed by atoms with E-state index < -0.39 is 23.8 Å². The molecule has 2 unspecified atom stereocenters. The lowest BCUT2D eigenvalue weighted by Gasteiger charge is -2.23. The van der Waals surface area contributed by atoms with E-state index in [2.05, 4.69) is 10.6 Å². The molecule has 0 heterocycles. The molecule has 166 valence electrons. The van der Waals surface area contributed by atoms with Gasteiger partial charge < -0.3 is 37.4 Å². The summed E-state index contributed by atoms with van der Waals surface area (Å²) in [6.07, 6.45) is -0.248. The topological polar surface area (TPSA) is 188 Å². The van der Waals surface area contributed by atoms with Gasteiger partial charge in [0.1, 0.15) is 6.04 Å². The number of nitrogens with one attached hydrogen (secondary N) is 2. The number of benzene rings is 2. The van der Waals surface area contributed by atoms with E-state index in [0.717, 1.165) is 0 Å². The fourth-order valence-corrected chi connectivity index (χ4v) is 2.88. The van der Waals surface area contributed by atoms with E-state index >= 15 is 0 Å². The van der Waals surface area contributed by atoms with Gasteiger partial charge >= 0.3 is 5.97 Å². The van der Waals surface area contributed by atoms with Gasteiger partial charge in [-0.1, -0.05) is 18.2 Å². The lowest BCUT2D eigenvalue weighted by Crippen LogP contribution is -2.33. The maximum Gasteiger partial charge on any atom is 0.320 e. The first kappa shape index (κ1) is 23.6. The number of carbonyl (C=O) groups is 3. The minimum atomic E-state index is -1.33. The standard InChI is InChI=1S/C21H26N4O6/c22-8-7-20(29)24-11-16(12-5-6-17(26)19(28)9-12)25-15-4-2-1-3-13(15)18(27)10-14(23)21(30)31/h1-6,9,14,16,25-26,28H,7-8,10-11,22-23H2,(H,24,29)(H,30,31). The van der Waals surface area contributed by atoms with E-state index in [1.807, 2.05) is 0 Å². The van der Waals surface area contributed by atoms with Crippen molar-refractivity contribution in [1.82, 2.24) is 5.32 Å². The number of ketones is 1. The van der Waals surface area contributed by atoms with Gasteiger partial charge in [-0.25, -0.2) is 0 Å². The number of nitrogens with two attached hydrogens (primary N) is 2. The van der Waals surface area contributed by atoms with Crippen molar-refractivity contribution >= 4 is 23.3 Å². The summed E-state index contributed by atoms with van der Waals surface area (Å²) < 4.78 is 0. The molecule has 0 spiro atoms. The maximum atomic E-state index is 12.6. The molecule has 0 aliphatic heterocycles. The van der Waals surface area contributed by atoms with Crippen LogP contribution in [-0.2, 0) is 9.59 Å². The van der Waals surface area contributed by atoms with Crippen LogP contribution in [0, 0.1) is 0 Å². The molecule has 31 heavy (non-hydrogen) atoms. The predicted molar refractivity (Wildman–Crippen MR) is 114 cm³/mol. The number of rotatable bonds is 11. The molecule has 2 rings (SSSR count). The summed E-state index contributed by atoms with van der Waals surface area (Å²) in [7, 11) is 0. The monoisotopic (exact) mass is 430 g/mol. The van der Waals surface area contributed by atoms with Crippen LogP contribution in [-0.4, -0.2) is 52.1 Å². The van der Waals surface area contributed by atoms with Gasteiger partial charge in [0.2, 0.25) is 5.91 Å². The Kier molecular flexibility index (Phi) is 8.35. The third-order valence-electron chi connectivity index (χ3n) is 4.56. The first-order valence-corrected chi connectivity index (χ1v) is 9.58. The van der Waals surface area contributed by atoms with Gasteiger partial charge in [0, 0.05) is 37.2 Å². The molecule has 0 radical (unpaired) electrons. The molecule has 10 nitrogen and oxygen atoms in total. The fourth-order valence-electron chi connectivity index (χ4n) is 2.88. The number of carboxylic acid groups (broad SMARTS) is 1. The second-order valence-corrected chi connectivity index (χ2v) is 6.91. The number of amides is 1. The van der Waals surface area contributed by atoms with Gasteiger partial charge in [-0.2, -0.15) is 0 Å². The van der Waals surface area contributed by atoms with Crippen molar-refractivity contribution in [2.45, 2.75) is 24.9 Å².